The molecule has 18 heavy (non-hydrogen) atoms. The second-order valence-electron chi connectivity index (χ2n) is 3.47. The van der Waals surface area contributed by atoms with Crippen LogP contribution in [0, 0.1) is 0 Å². The molecule has 0 aliphatic carbocycles. The van der Waals surface area contributed by atoms with E-state index in [9.17, 15) is 0 Å². The van der Waals surface area contributed by atoms with Crippen LogP contribution in [0.1, 0.15) is 0 Å². The summed E-state index contributed by atoms with van der Waals surface area (Å²) in [6.07, 6.45) is 0. The Kier molecular flexibility index (Phi) is 4.77. The van der Waals surface area contributed by atoms with E-state index in [1.165, 1.54) is 11.5 Å². The Morgan fingerprint density at radius 2 is 2.17 bits per heavy atom. The third kappa shape index (κ3) is 3.32. The Morgan fingerprint density at radius 1 is 1.33 bits per heavy atom. The van der Waals surface area contributed by atoms with E-state index in [1.54, 1.807) is 19.2 Å². The maximum absolute atomic E-state index is 5.96. The SMILES string of the molecule is COCCNc1nc(-c2ccc(Cl)c(Cl)c2)ns1. The van der Waals surface area contributed by atoms with Crippen LogP contribution in [0.25, 0.3) is 11.4 Å². The van der Waals surface area contributed by atoms with Crippen LogP contribution in [-0.2, 0) is 4.74 Å². The topological polar surface area (TPSA) is 47.0 Å². The van der Waals surface area contributed by atoms with Gasteiger partial charge in [-0.1, -0.05) is 23.2 Å². The fourth-order valence-electron chi connectivity index (χ4n) is 1.31. The third-order valence-electron chi connectivity index (χ3n) is 2.19. The van der Waals surface area contributed by atoms with Gasteiger partial charge in [0.15, 0.2) is 5.82 Å². The van der Waals surface area contributed by atoms with Crippen molar-refractivity contribution in [2.45, 2.75) is 0 Å². The van der Waals surface area contributed by atoms with Gasteiger partial charge in [-0.15, -0.1) is 0 Å². The standard InChI is InChI=1S/C11H11Cl2N3OS/c1-17-5-4-14-11-15-10(16-18-11)7-2-3-8(12)9(13)6-7/h2-3,6H,4-5H2,1H3,(H,14,15,16). The lowest BCUT2D eigenvalue weighted by molar-refractivity contribution is 0.211. The number of methoxy groups -OCH3 is 1. The summed E-state index contributed by atoms with van der Waals surface area (Å²) in [5.41, 5.74) is 0.848. The third-order valence-corrected chi connectivity index (χ3v) is 3.60. The molecule has 1 aromatic carbocycles. The molecule has 0 atom stereocenters. The first-order chi connectivity index (χ1) is 8.70. The van der Waals surface area contributed by atoms with Gasteiger partial charge in [0, 0.05) is 30.8 Å². The van der Waals surface area contributed by atoms with E-state index in [1.807, 2.05) is 6.07 Å². The molecular formula is C11H11Cl2N3OS. The number of ether oxygens (including phenoxy) is 1. The molecule has 2 rings (SSSR count). The van der Waals surface area contributed by atoms with Gasteiger partial charge >= 0.3 is 0 Å². The molecule has 0 saturated carbocycles. The highest BCUT2D eigenvalue weighted by Gasteiger charge is 2.08. The van der Waals surface area contributed by atoms with Gasteiger partial charge < -0.3 is 10.1 Å². The maximum atomic E-state index is 5.96. The number of hydrogen-bond donors (Lipinski definition) is 1. The first-order valence-electron chi connectivity index (χ1n) is 5.22. The van der Waals surface area contributed by atoms with Gasteiger partial charge in [0.1, 0.15) is 0 Å². The van der Waals surface area contributed by atoms with Crippen molar-refractivity contribution >= 4 is 39.9 Å². The van der Waals surface area contributed by atoms with Crippen molar-refractivity contribution in [3.63, 3.8) is 0 Å². The predicted molar refractivity (Wildman–Crippen MR) is 75.7 cm³/mol. The van der Waals surface area contributed by atoms with Gasteiger partial charge in [0.25, 0.3) is 0 Å². The fraction of sp³-hybridized carbons (Fsp3) is 0.273. The van der Waals surface area contributed by atoms with Gasteiger partial charge in [-0.2, -0.15) is 9.36 Å². The van der Waals surface area contributed by atoms with Crippen LogP contribution in [0.2, 0.25) is 10.0 Å². The van der Waals surface area contributed by atoms with Crippen LogP contribution in [0.15, 0.2) is 18.2 Å². The van der Waals surface area contributed by atoms with Gasteiger partial charge in [-0.3, -0.25) is 0 Å². The van der Waals surface area contributed by atoms with Crippen molar-refractivity contribution in [2.24, 2.45) is 0 Å². The van der Waals surface area contributed by atoms with Gasteiger partial charge in [-0.05, 0) is 18.2 Å². The number of halogens is 2. The zero-order chi connectivity index (χ0) is 13.0. The highest BCUT2D eigenvalue weighted by molar-refractivity contribution is 7.09. The normalized spacial score (nSPS) is 10.6. The summed E-state index contributed by atoms with van der Waals surface area (Å²) in [6.45, 7) is 1.33. The van der Waals surface area contributed by atoms with Crippen LogP contribution < -0.4 is 5.32 Å². The highest BCUT2D eigenvalue weighted by Crippen LogP contribution is 2.28. The van der Waals surface area contributed by atoms with Crippen LogP contribution in [0.5, 0.6) is 0 Å². The molecule has 96 valence electrons. The summed E-state index contributed by atoms with van der Waals surface area (Å²) in [7, 11) is 1.66. The zero-order valence-electron chi connectivity index (χ0n) is 9.61. The molecule has 0 aliphatic rings. The minimum atomic E-state index is 0.498. The second kappa shape index (κ2) is 6.33. The first kappa shape index (κ1) is 13.5. The molecule has 0 bridgehead atoms. The van der Waals surface area contributed by atoms with Crippen molar-refractivity contribution in [3.05, 3.63) is 28.2 Å². The van der Waals surface area contributed by atoms with E-state index in [-0.39, 0.29) is 0 Å². The van der Waals surface area contributed by atoms with E-state index in [0.29, 0.717) is 29.0 Å². The molecule has 1 N–H and O–H groups in total. The molecule has 4 nitrogen and oxygen atoms in total. The minimum Gasteiger partial charge on any atom is -0.383 e. The minimum absolute atomic E-state index is 0.498. The van der Waals surface area contributed by atoms with Crippen LogP contribution in [-0.4, -0.2) is 29.6 Å². The zero-order valence-corrected chi connectivity index (χ0v) is 11.9. The van der Waals surface area contributed by atoms with Gasteiger partial charge in [-0.25, -0.2) is 0 Å². The van der Waals surface area contributed by atoms with E-state index in [2.05, 4.69) is 14.7 Å². The molecule has 0 radical (unpaired) electrons. The Hall–Kier alpha value is -0.880. The Morgan fingerprint density at radius 3 is 2.89 bits per heavy atom. The molecule has 7 heteroatoms. The molecule has 0 aliphatic heterocycles. The molecule has 0 spiro atoms. The maximum Gasteiger partial charge on any atom is 0.202 e. The Balaban J connectivity index is 2.11. The number of anilines is 1. The van der Waals surface area contributed by atoms with Crippen molar-refractivity contribution in [2.75, 3.05) is 25.6 Å². The lowest BCUT2D eigenvalue weighted by Gasteiger charge is -2.00. The molecule has 0 amide bonds. The lowest BCUT2D eigenvalue weighted by atomic mass is 10.2. The largest absolute Gasteiger partial charge is 0.383 e. The molecule has 2 aromatic rings. The molecule has 1 heterocycles. The summed E-state index contributed by atoms with van der Waals surface area (Å²) in [5.74, 6) is 0.637. The molecule has 1 aromatic heterocycles. The molecule has 0 unspecified atom stereocenters. The molecular weight excluding hydrogens is 293 g/mol. The smallest absolute Gasteiger partial charge is 0.202 e. The number of nitrogens with one attached hydrogen (secondary N) is 1. The average Bonchev–Trinajstić information content (AvgIpc) is 2.82. The van der Waals surface area contributed by atoms with E-state index in [0.717, 1.165) is 10.7 Å². The summed E-state index contributed by atoms with van der Waals surface area (Å²) in [6, 6.07) is 5.33. The molecule has 0 fully saturated rings. The van der Waals surface area contributed by atoms with E-state index >= 15 is 0 Å². The molecule has 0 saturated heterocycles. The highest BCUT2D eigenvalue weighted by atomic mass is 35.5. The van der Waals surface area contributed by atoms with Crippen LogP contribution in [0.3, 0.4) is 0 Å². The monoisotopic (exact) mass is 303 g/mol. The van der Waals surface area contributed by atoms with Gasteiger partial charge in [0.05, 0.1) is 16.7 Å². The summed E-state index contributed by atoms with van der Waals surface area (Å²) >= 11 is 13.1. The number of rotatable bonds is 5. The Bertz CT molecular complexity index is 533. The predicted octanol–water partition coefficient (Wildman–Crippen LogP) is 3.57. The number of nitrogens with zero attached hydrogens (tertiary/aromatic N) is 2. The van der Waals surface area contributed by atoms with Crippen molar-refractivity contribution in [3.8, 4) is 11.4 Å². The van der Waals surface area contributed by atoms with Crippen LogP contribution >= 0.6 is 34.7 Å². The number of benzene rings is 1. The van der Waals surface area contributed by atoms with E-state index in [4.69, 9.17) is 27.9 Å². The second-order valence-corrected chi connectivity index (χ2v) is 5.04. The summed E-state index contributed by atoms with van der Waals surface area (Å²) in [5, 5.41) is 4.90. The van der Waals surface area contributed by atoms with Crippen molar-refractivity contribution in [1.29, 1.82) is 0 Å². The quantitative estimate of drug-likeness (QED) is 0.858. The summed E-state index contributed by atoms with van der Waals surface area (Å²) in [4.78, 5) is 4.36. The summed E-state index contributed by atoms with van der Waals surface area (Å²) < 4.78 is 9.21. The lowest BCUT2D eigenvalue weighted by Crippen LogP contribution is -2.06. The average molecular weight is 304 g/mol. The Labute approximate surface area is 119 Å². The first-order valence-corrected chi connectivity index (χ1v) is 6.75. The van der Waals surface area contributed by atoms with Crippen molar-refractivity contribution < 1.29 is 4.74 Å². The fourth-order valence-corrected chi connectivity index (χ4v) is 2.22. The van der Waals surface area contributed by atoms with Gasteiger partial charge in [0.2, 0.25) is 5.13 Å². The number of hydrogen-bond acceptors (Lipinski definition) is 5. The number of aromatic nitrogens is 2. The van der Waals surface area contributed by atoms with Crippen LogP contribution in [0.4, 0.5) is 5.13 Å². The van der Waals surface area contributed by atoms with E-state index < -0.39 is 0 Å². The van der Waals surface area contributed by atoms with Crippen molar-refractivity contribution in [1.82, 2.24) is 9.36 Å².